The smallest absolute Gasteiger partial charge is 0.462 e. The summed E-state index contributed by atoms with van der Waals surface area (Å²) in [5, 5.41) is 11.1. The summed E-state index contributed by atoms with van der Waals surface area (Å²) >= 11 is 0. The summed E-state index contributed by atoms with van der Waals surface area (Å²) in [6.45, 7) is 11.2. The Morgan fingerprint density at radius 1 is 0.311 bits per heavy atom. The lowest BCUT2D eigenvalue weighted by molar-refractivity contribution is -0.153. The van der Waals surface area contributed by atoms with Crippen LogP contribution >= 0.6 is 15.6 Å². The highest BCUT2D eigenvalue weighted by molar-refractivity contribution is 7.47. The van der Waals surface area contributed by atoms with Crippen LogP contribution in [0, 0.1) is 0 Å². The molecule has 0 aromatic rings. The van der Waals surface area contributed by atoms with Crippen LogP contribution in [0.3, 0.4) is 0 Å². The lowest BCUT2D eigenvalue weighted by Crippen LogP contribution is -2.48. The second-order valence-corrected chi connectivity index (χ2v) is 33.7. The normalized spacial score (nSPS) is 13.9. The molecule has 106 heavy (non-hydrogen) atoms. The van der Waals surface area contributed by atoms with Crippen LogP contribution in [0.2, 0.25) is 0 Å². The first kappa shape index (κ1) is 103. The van der Waals surface area contributed by atoms with Gasteiger partial charge in [0.25, 0.3) is 0 Å². The minimum Gasteiger partial charge on any atom is -0.462 e. The van der Waals surface area contributed by atoms with Crippen molar-refractivity contribution < 1.29 is 70.5 Å². The molecule has 0 aliphatic carbocycles. The quantitative estimate of drug-likeness (QED) is 0.0188. The molecular weight excluding hydrogens is 1380 g/mol. The van der Waals surface area contributed by atoms with Gasteiger partial charge in [0.2, 0.25) is 11.8 Å². The van der Waals surface area contributed by atoms with Crippen molar-refractivity contribution in [2.75, 3.05) is 39.5 Å². The number of carbonyl (C=O) groups excluding carboxylic acids is 5. The van der Waals surface area contributed by atoms with Crippen molar-refractivity contribution in [3.8, 4) is 0 Å². The van der Waals surface area contributed by atoms with Gasteiger partial charge in [-0.05, 0) is 51.4 Å². The van der Waals surface area contributed by atoms with E-state index in [4.69, 9.17) is 27.6 Å². The maximum Gasteiger partial charge on any atom is 0.472 e. The first-order valence-electron chi connectivity index (χ1n) is 44.8. The van der Waals surface area contributed by atoms with Gasteiger partial charge in [-0.1, -0.05) is 369 Å². The van der Waals surface area contributed by atoms with Gasteiger partial charge in [-0.15, -0.1) is 0 Å². The molecule has 0 saturated carbocycles. The van der Waals surface area contributed by atoms with Gasteiger partial charge in [0.15, 0.2) is 0 Å². The molecule has 0 aliphatic rings. The molecule has 0 aromatic heterocycles. The monoisotopic (exact) mass is 1550 g/mol. The fourth-order valence-corrected chi connectivity index (χ4v) is 15.2. The van der Waals surface area contributed by atoms with Crippen molar-refractivity contribution in [2.24, 2.45) is 0 Å². The Balaban J connectivity index is 5.95. The number of hydrogen-bond acceptors (Lipinski definition) is 13. The van der Waals surface area contributed by atoms with Crippen molar-refractivity contribution >= 4 is 45.4 Å². The molecular formula is C85H168N4O15P2. The van der Waals surface area contributed by atoms with E-state index < -0.39 is 65.8 Å². The minimum absolute atomic E-state index is 0.197. The summed E-state index contributed by atoms with van der Waals surface area (Å²) in [6, 6.07) is -2.40. The van der Waals surface area contributed by atoms with Crippen molar-refractivity contribution in [3.63, 3.8) is 0 Å². The van der Waals surface area contributed by atoms with Crippen molar-refractivity contribution in [3.05, 3.63) is 0 Å². The molecule has 6 atom stereocenters. The van der Waals surface area contributed by atoms with Crippen LogP contribution in [0.1, 0.15) is 452 Å². The molecule has 0 heterocycles. The van der Waals surface area contributed by atoms with Crippen LogP contribution in [0.15, 0.2) is 0 Å². The van der Waals surface area contributed by atoms with E-state index in [1.165, 1.54) is 212 Å². The molecule has 0 saturated heterocycles. The molecule has 628 valence electrons. The molecule has 0 aliphatic heterocycles. The molecule has 0 fully saturated rings. The van der Waals surface area contributed by atoms with Crippen LogP contribution in [0.4, 0.5) is 4.79 Å². The van der Waals surface area contributed by atoms with Crippen LogP contribution in [0.5, 0.6) is 0 Å². The third-order valence-corrected chi connectivity index (χ3v) is 22.4. The highest BCUT2D eigenvalue weighted by Crippen LogP contribution is 2.44. The van der Waals surface area contributed by atoms with Gasteiger partial charge < -0.3 is 40.5 Å². The number of unbranched alkanes of at least 4 members (excludes halogenated alkanes) is 51. The Morgan fingerprint density at radius 3 is 0.925 bits per heavy atom. The first-order valence-corrected chi connectivity index (χ1v) is 47.8. The first-order chi connectivity index (χ1) is 51.5. The van der Waals surface area contributed by atoms with E-state index in [1.807, 2.05) is 0 Å². The van der Waals surface area contributed by atoms with Gasteiger partial charge in [-0.25, -0.2) is 13.9 Å². The maximum atomic E-state index is 13.7. The molecule has 21 heteroatoms. The molecule has 0 spiro atoms. The van der Waals surface area contributed by atoms with E-state index in [1.54, 1.807) is 0 Å². The maximum absolute atomic E-state index is 13.7. The van der Waals surface area contributed by atoms with Crippen molar-refractivity contribution in [1.82, 2.24) is 21.3 Å². The Kier molecular flexibility index (Phi) is 75.8. The fourth-order valence-electron chi connectivity index (χ4n) is 13.7. The second kappa shape index (κ2) is 77.7. The molecule has 6 N–H and O–H groups in total. The lowest BCUT2D eigenvalue weighted by Gasteiger charge is -2.28. The minimum atomic E-state index is -4.78. The Morgan fingerprint density at radius 2 is 0.585 bits per heavy atom. The topological polar surface area (TPSA) is 263 Å². The molecule has 19 nitrogen and oxygen atoms in total. The van der Waals surface area contributed by atoms with Gasteiger partial charge >= 0.3 is 33.6 Å². The van der Waals surface area contributed by atoms with Gasteiger partial charge in [0.1, 0.15) is 12.2 Å². The number of amides is 4. The number of rotatable bonds is 84. The zero-order valence-corrected chi connectivity index (χ0v) is 71.2. The Hall–Kier alpha value is -2.63. The summed E-state index contributed by atoms with van der Waals surface area (Å²) < 4.78 is 61.0. The van der Waals surface area contributed by atoms with Crippen molar-refractivity contribution in [1.29, 1.82) is 0 Å². The van der Waals surface area contributed by atoms with Crippen LogP contribution in [0.25, 0.3) is 0 Å². The third-order valence-electron chi connectivity index (χ3n) is 20.4. The highest BCUT2D eigenvalue weighted by Gasteiger charge is 2.32. The van der Waals surface area contributed by atoms with Crippen molar-refractivity contribution in [2.45, 2.75) is 477 Å². The summed E-state index contributed by atoms with van der Waals surface area (Å²) in [5.41, 5.74) is 0. The number of ether oxygens (including phenoxy) is 2. The number of esters is 2. The van der Waals surface area contributed by atoms with E-state index >= 15 is 0 Å². The number of phosphoric ester groups is 2. The zero-order valence-electron chi connectivity index (χ0n) is 69.4. The van der Waals surface area contributed by atoms with Gasteiger partial charge in [0.05, 0.1) is 38.5 Å². The average molecular weight is 1550 g/mol. The molecule has 0 aromatic carbocycles. The molecule has 0 bridgehead atoms. The largest absolute Gasteiger partial charge is 0.472 e. The van der Waals surface area contributed by atoms with Gasteiger partial charge in [-0.2, -0.15) is 0 Å². The standard InChI is InChI=1S/C85H168N4O15P2/c1-7-13-19-25-31-37-39-44-48-54-60-66-81(90)88-77(74-78(64-58-52-46-36-30-24-18-12-6)103-83(92)68-62-56-50-42-34-28-22-16-10-4)75-101-105(95,96)99-72-70-86-85(94)87-71-73-100-106(97,98)102-76-79(89-82(91)67-61-55-49-45-40-38-32-26-20-14-8-2)80(65-59-53-47-41-33-27-21-15-9-3)104-84(93)69-63-57-51-43-35-29-23-17-11-5/h77-80H,7-76H2,1-6H3,(H,88,90)(H,89,91)(H,95,96)(H,97,98)(H2,86,87,94)/t77-,78?,79+,80?/m1/s1. The molecule has 4 amide bonds. The summed E-state index contributed by atoms with van der Waals surface area (Å²) in [5.74, 6) is -1.10. The number of urea groups is 1. The van der Waals surface area contributed by atoms with Gasteiger partial charge in [0, 0.05) is 45.2 Å². The number of nitrogens with one attached hydrogen (secondary N) is 4. The lowest BCUT2D eigenvalue weighted by atomic mass is 10.0. The fraction of sp³-hybridized carbons (Fsp3) is 0.941. The molecule has 4 unspecified atom stereocenters. The van der Waals surface area contributed by atoms with E-state index in [9.17, 15) is 42.9 Å². The van der Waals surface area contributed by atoms with Crippen LogP contribution < -0.4 is 21.3 Å². The van der Waals surface area contributed by atoms with E-state index in [2.05, 4.69) is 62.8 Å². The van der Waals surface area contributed by atoms with E-state index in [0.29, 0.717) is 38.5 Å². The Bertz CT molecular complexity index is 2100. The average Bonchev–Trinajstić information content (AvgIpc) is 0.892. The number of phosphoric acid groups is 2. The third kappa shape index (κ3) is 72.9. The van der Waals surface area contributed by atoms with E-state index in [-0.39, 0.29) is 69.1 Å². The predicted octanol–water partition coefficient (Wildman–Crippen LogP) is 24.4. The summed E-state index contributed by atoms with van der Waals surface area (Å²) in [4.78, 5) is 89.1. The zero-order chi connectivity index (χ0) is 77.8. The van der Waals surface area contributed by atoms with E-state index in [0.717, 1.165) is 135 Å². The highest BCUT2D eigenvalue weighted by atomic mass is 31.2. The molecule has 0 rings (SSSR count). The van der Waals surface area contributed by atoms with Gasteiger partial charge in [-0.3, -0.25) is 37.3 Å². The second-order valence-electron chi connectivity index (χ2n) is 30.8. The summed E-state index contributed by atoms with van der Waals surface area (Å²) in [6.07, 6.45) is 64.9. The number of hydrogen-bond donors (Lipinski definition) is 6. The number of carbonyl (C=O) groups is 5. The molecule has 0 radical (unpaired) electrons. The SMILES string of the molecule is CCCCCCCCCCCCCC(=O)N[C@@H](COP(=O)(O)OCCNC(=O)NCCOP(=O)(O)OC[C@H](NC(=O)CCCCCCCCCCCCC)C(CCCCCCCCCCC)OC(=O)CCCCCCCCCCC)CC(CCCCCCCCCC)OC(=O)CCCCCCCCCCC. The van der Waals surface area contributed by atoms with Crippen LogP contribution in [-0.4, -0.2) is 103 Å². The Labute approximate surface area is 650 Å². The van der Waals surface area contributed by atoms with Crippen LogP contribution in [-0.2, 0) is 55.9 Å². The predicted molar refractivity (Wildman–Crippen MR) is 438 cm³/mol. The summed E-state index contributed by atoms with van der Waals surface area (Å²) in [7, 11) is -9.52.